The number of carbonyl (C=O) groups excluding carboxylic acids is 1. The summed E-state index contributed by atoms with van der Waals surface area (Å²) >= 11 is 5.72. The topological polar surface area (TPSA) is 95.6 Å². The maximum absolute atomic E-state index is 10.7. The molecule has 94 valence electrons. The van der Waals surface area contributed by atoms with Crippen molar-refractivity contribution in [2.24, 2.45) is 0 Å². The minimum Gasteiger partial charge on any atom is -0.398 e. The number of anilines is 1. The maximum Gasteiger partial charge on any atom is 0.216 e. The summed E-state index contributed by atoms with van der Waals surface area (Å²) in [4.78, 5) is 10.7. The highest BCUT2D eigenvalue weighted by atomic mass is 35.5. The molecule has 1 aromatic rings. The van der Waals surface area contributed by atoms with Crippen LogP contribution in [0.2, 0.25) is 5.02 Å². The zero-order valence-electron chi connectivity index (χ0n) is 9.35. The van der Waals surface area contributed by atoms with Gasteiger partial charge in [0.25, 0.3) is 0 Å². The Hall–Kier alpha value is -1.30. The van der Waals surface area contributed by atoms with E-state index in [4.69, 9.17) is 17.3 Å². The van der Waals surface area contributed by atoms with Gasteiger partial charge in [-0.05, 0) is 12.1 Å². The molecular weight excluding hydrogens is 244 g/mol. The average molecular weight is 259 g/mol. The van der Waals surface area contributed by atoms with Crippen molar-refractivity contribution in [2.45, 2.75) is 19.1 Å². The molecule has 0 aliphatic rings. The summed E-state index contributed by atoms with van der Waals surface area (Å²) in [6.07, 6.45) is -2.29. The van der Waals surface area contributed by atoms with Gasteiger partial charge in [-0.2, -0.15) is 0 Å². The van der Waals surface area contributed by atoms with Gasteiger partial charge in [0.1, 0.15) is 12.2 Å². The molecule has 0 radical (unpaired) electrons. The van der Waals surface area contributed by atoms with Crippen molar-refractivity contribution in [1.82, 2.24) is 5.32 Å². The maximum atomic E-state index is 10.7. The zero-order valence-corrected chi connectivity index (χ0v) is 10.1. The molecule has 2 atom stereocenters. The highest BCUT2D eigenvalue weighted by Crippen LogP contribution is 2.25. The van der Waals surface area contributed by atoms with Gasteiger partial charge in [-0.15, -0.1) is 0 Å². The lowest BCUT2D eigenvalue weighted by molar-refractivity contribution is -0.119. The van der Waals surface area contributed by atoms with Gasteiger partial charge in [0.2, 0.25) is 5.91 Å². The molecule has 1 amide bonds. The van der Waals surface area contributed by atoms with E-state index in [-0.39, 0.29) is 12.5 Å². The van der Waals surface area contributed by atoms with Crippen LogP contribution in [0.4, 0.5) is 5.69 Å². The first-order valence-corrected chi connectivity index (χ1v) is 5.45. The lowest BCUT2D eigenvalue weighted by Crippen LogP contribution is -2.34. The van der Waals surface area contributed by atoms with Crippen LogP contribution in [0.15, 0.2) is 18.2 Å². The fraction of sp³-hybridized carbons (Fsp3) is 0.364. The predicted molar refractivity (Wildman–Crippen MR) is 65.5 cm³/mol. The molecule has 0 saturated carbocycles. The van der Waals surface area contributed by atoms with Crippen LogP contribution in [0, 0.1) is 0 Å². The van der Waals surface area contributed by atoms with Crippen LogP contribution in [-0.2, 0) is 4.79 Å². The van der Waals surface area contributed by atoms with Crippen LogP contribution in [0.3, 0.4) is 0 Å². The second-order valence-corrected chi connectivity index (χ2v) is 4.16. The van der Waals surface area contributed by atoms with Crippen LogP contribution in [-0.4, -0.2) is 28.8 Å². The molecule has 0 saturated heterocycles. The minimum atomic E-state index is -1.17. The first kappa shape index (κ1) is 13.8. The molecule has 0 heterocycles. The smallest absolute Gasteiger partial charge is 0.216 e. The van der Waals surface area contributed by atoms with E-state index in [1.54, 1.807) is 12.1 Å². The summed E-state index contributed by atoms with van der Waals surface area (Å²) in [7, 11) is 0. The summed E-state index contributed by atoms with van der Waals surface area (Å²) < 4.78 is 0. The number of amides is 1. The molecule has 0 spiro atoms. The second kappa shape index (κ2) is 5.86. The number of nitrogens with one attached hydrogen (secondary N) is 1. The molecule has 0 aliphatic heterocycles. The summed E-state index contributed by atoms with van der Waals surface area (Å²) in [5.41, 5.74) is 6.35. The van der Waals surface area contributed by atoms with Gasteiger partial charge >= 0.3 is 0 Å². The minimum absolute atomic E-state index is 0.0431. The highest BCUT2D eigenvalue weighted by molar-refractivity contribution is 6.30. The van der Waals surface area contributed by atoms with Crippen LogP contribution < -0.4 is 11.1 Å². The number of benzene rings is 1. The van der Waals surface area contributed by atoms with E-state index in [0.29, 0.717) is 16.3 Å². The van der Waals surface area contributed by atoms with Crippen molar-refractivity contribution >= 4 is 23.2 Å². The number of hydrogen-bond donors (Lipinski definition) is 4. The molecule has 0 aromatic heterocycles. The number of nitrogens with two attached hydrogens (primary N) is 1. The number of hydrogen-bond acceptors (Lipinski definition) is 4. The van der Waals surface area contributed by atoms with E-state index in [0.717, 1.165) is 0 Å². The normalized spacial score (nSPS) is 14.1. The molecule has 5 N–H and O–H groups in total. The number of aliphatic hydroxyl groups excluding tert-OH is 2. The van der Waals surface area contributed by atoms with Crippen molar-refractivity contribution < 1.29 is 15.0 Å². The third kappa shape index (κ3) is 3.89. The molecule has 5 nitrogen and oxygen atoms in total. The Labute approximate surface area is 104 Å². The number of rotatable bonds is 4. The Kier molecular flexibility index (Phi) is 4.74. The zero-order chi connectivity index (χ0) is 13.0. The van der Waals surface area contributed by atoms with Gasteiger partial charge in [0.15, 0.2) is 0 Å². The van der Waals surface area contributed by atoms with Crippen LogP contribution in [0.25, 0.3) is 0 Å². The van der Waals surface area contributed by atoms with Gasteiger partial charge in [-0.25, -0.2) is 0 Å². The SMILES string of the molecule is CC(=O)NCC(O)C(O)c1ccc(Cl)cc1N. The van der Waals surface area contributed by atoms with Gasteiger partial charge in [-0.3, -0.25) is 4.79 Å². The molecule has 0 bridgehead atoms. The number of aliphatic hydroxyl groups is 2. The highest BCUT2D eigenvalue weighted by Gasteiger charge is 2.20. The fourth-order valence-electron chi connectivity index (χ4n) is 1.38. The van der Waals surface area contributed by atoms with Gasteiger partial charge < -0.3 is 21.3 Å². The Bertz CT molecular complexity index is 412. The summed E-state index contributed by atoms with van der Waals surface area (Å²) in [5.74, 6) is -0.277. The Morgan fingerprint density at radius 3 is 2.71 bits per heavy atom. The van der Waals surface area contributed by atoms with Gasteiger partial charge in [0.05, 0.1) is 0 Å². The monoisotopic (exact) mass is 258 g/mol. The van der Waals surface area contributed by atoms with Crippen LogP contribution >= 0.6 is 11.6 Å². The van der Waals surface area contributed by atoms with E-state index < -0.39 is 12.2 Å². The first-order chi connectivity index (χ1) is 7.91. The summed E-state index contributed by atoms with van der Waals surface area (Å²) in [5, 5.41) is 22.4. The lowest BCUT2D eigenvalue weighted by atomic mass is 10.0. The predicted octanol–water partition coefficient (Wildman–Crippen LogP) is 0.453. The Morgan fingerprint density at radius 1 is 1.53 bits per heavy atom. The molecule has 1 rings (SSSR count). The molecular formula is C11H15ClN2O3. The number of carbonyl (C=O) groups is 1. The van der Waals surface area contributed by atoms with Crippen molar-refractivity contribution in [3.8, 4) is 0 Å². The third-order valence-electron chi connectivity index (χ3n) is 2.29. The lowest BCUT2D eigenvalue weighted by Gasteiger charge is -2.19. The number of nitrogen functional groups attached to an aromatic ring is 1. The summed E-state index contributed by atoms with van der Waals surface area (Å²) in [6.45, 7) is 1.29. The molecule has 6 heteroatoms. The van der Waals surface area contributed by atoms with Crippen LogP contribution in [0.5, 0.6) is 0 Å². The van der Waals surface area contributed by atoms with Crippen LogP contribution in [0.1, 0.15) is 18.6 Å². The van der Waals surface area contributed by atoms with E-state index in [2.05, 4.69) is 5.32 Å². The molecule has 2 unspecified atom stereocenters. The van der Waals surface area contributed by atoms with Crippen molar-refractivity contribution in [1.29, 1.82) is 0 Å². The molecule has 0 fully saturated rings. The fourth-order valence-corrected chi connectivity index (χ4v) is 1.56. The van der Waals surface area contributed by atoms with E-state index in [1.807, 2.05) is 0 Å². The van der Waals surface area contributed by atoms with Gasteiger partial charge in [0, 0.05) is 29.7 Å². The van der Waals surface area contributed by atoms with Crippen molar-refractivity contribution in [2.75, 3.05) is 12.3 Å². The quantitative estimate of drug-likeness (QED) is 0.590. The second-order valence-electron chi connectivity index (χ2n) is 3.72. The van der Waals surface area contributed by atoms with E-state index >= 15 is 0 Å². The van der Waals surface area contributed by atoms with E-state index in [9.17, 15) is 15.0 Å². The Morgan fingerprint density at radius 2 is 2.18 bits per heavy atom. The largest absolute Gasteiger partial charge is 0.398 e. The summed E-state index contributed by atoms with van der Waals surface area (Å²) in [6, 6.07) is 4.60. The number of halogens is 1. The van der Waals surface area contributed by atoms with Crippen molar-refractivity contribution in [3.05, 3.63) is 28.8 Å². The molecule has 1 aromatic carbocycles. The van der Waals surface area contributed by atoms with Gasteiger partial charge in [-0.1, -0.05) is 17.7 Å². The molecule has 17 heavy (non-hydrogen) atoms. The van der Waals surface area contributed by atoms with Crippen molar-refractivity contribution in [3.63, 3.8) is 0 Å². The third-order valence-corrected chi connectivity index (χ3v) is 2.53. The first-order valence-electron chi connectivity index (χ1n) is 5.07. The molecule has 0 aliphatic carbocycles. The standard InChI is InChI=1S/C11H15ClN2O3/c1-6(15)14-5-10(16)11(17)8-3-2-7(12)4-9(8)13/h2-4,10-11,16-17H,5,13H2,1H3,(H,14,15). The van der Waals surface area contributed by atoms with E-state index in [1.165, 1.54) is 13.0 Å². The average Bonchev–Trinajstić information content (AvgIpc) is 2.25. The Balaban J connectivity index is 2.74.